The lowest BCUT2D eigenvalue weighted by Crippen LogP contribution is -2.46. The van der Waals surface area contributed by atoms with Crippen molar-refractivity contribution in [2.24, 2.45) is 0 Å². The second kappa shape index (κ2) is 5.27. The molecular formula is C14H16N2O2S. The smallest absolute Gasteiger partial charge is 0.220 e. The molecule has 1 heterocycles. The van der Waals surface area contributed by atoms with E-state index in [4.69, 9.17) is 5.11 Å². The van der Waals surface area contributed by atoms with Crippen LogP contribution < -0.4 is 5.32 Å². The number of carbonyl (C=O) groups is 1. The van der Waals surface area contributed by atoms with Gasteiger partial charge in [-0.2, -0.15) is 0 Å². The third kappa shape index (κ3) is 2.93. The van der Waals surface area contributed by atoms with Gasteiger partial charge in [0.2, 0.25) is 5.91 Å². The normalized spacial score (nSPS) is 22.2. The average Bonchev–Trinajstić information content (AvgIpc) is 2.77. The molecule has 1 aromatic carbocycles. The predicted molar refractivity (Wildman–Crippen MR) is 75.1 cm³/mol. The second-order valence-corrected chi connectivity index (χ2v) is 6.08. The molecule has 0 aliphatic heterocycles. The number of aliphatic hydroxyl groups is 1. The molecule has 5 heteroatoms. The number of carbonyl (C=O) groups excluding carboxylic acids is 1. The van der Waals surface area contributed by atoms with Crippen LogP contribution in [0.2, 0.25) is 0 Å². The molecule has 0 bridgehead atoms. The lowest BCUT2D eigenvalue weighted by molar-refractivity contribution is -0.123. The SMILES string of the molecule is O=C(CCc1nc2ccccc2s1)NC1CC(O)C1. The van der Waals surface area contributed by atoms with Crippen molar-refractivity contribution < 1.29 is 9.90 Å². The van der Waals surface area contributed by atoms with Crippen molar-refractivity contribution in [3.05, 3.63) is 29.3 Å². The maximum Gasteiger partial charge on any atom is 0.220 e. The minimum Gasteiger partial charge on any atom is -0.393 e. The van der Waals surface area contributed by atoms with Gasteiger partial charge in [-0.15, -0.1) is 11.3 Å². The highest BCUT2D eigenvalue weighted by Crippen LogP contribution is 2.23. The Kier molecular flexibility index (Phi) is 3.48. The molecule has 1 fully saturated rings. The largest absolute Gasteiger partial charge is 0.393 e. The summed E-state index contributed by atoms with van der Waals surface area (Å²) in [6.45, 7) is 0. The lowest BCUT2D eigenvalue weighted by atomic mass is 9.89. The van der Waals surface area contributed by atoms with Gasteiger partial charge in [0, 0.05) is 18.9 Å². The Balaban J connectivity index is 1.52. The molecule has 19 heavy (non-hydrogen) atoms. The number of hydrogen-bond acceptors (Lipinski definition) is 4. The maximum atomic E-state index is 11.7. The summed E-state index contributed by atoms with van der Waals surface area (Å²) < 4.78 is 1.17. The van der Waals surface area contributed by atoms with Gasteiger partial charge in [0.15, 0.2) is 0 Å². The topological polar surface area (TPSA) is 62.2 Å². The molecular weight excluding hydrogens is 260 g/mol. The van der Waals surface area contributed by atoms with E-state index in [1.807, 2.05) is 24.3 Å². The molecule has 4 nitrogen and oxygen atoms in total. The van der Waals surface area contributed by atoms with E-state index in [2.05, 4.69) is 10.3 Å². The van der Waals surface area contributed by atoms with Crippen molar-refractivity contribution in [1.82, 2.24) is 10.3 Å². The molecule has 0 unspecified atom stereocenters. The fraction of sp³-hybridized carbons (Fsp3) is 0.429. The van der Waals surface area contributed by atoms with Crippen LogP contribution in [-0.2, 0) is 11.2 Å². The number of para-hydroxylation sites is 1. The van der Waals surface area contributed by atoms with Crippen LogP contribution in [0.1, 0.15) is 24.3 Å². The predicted octanol–water partition coefficient (Wildman–Crippen LogP) is 1.87. The van der Waals surface area contributed by atoms with Crippen molar-refractivity contribution >= 4 is 27.5 Å². The number of aliphatic hydroxyl groups excluding tert-OH is 1. The van der Waals surface area contributed by atoms with Gasteiger partial charge >= 0.3 is 0 Å². The molecule has 2 N–H and O–H groups in total. The van der Waals surface area contributed by atoms with E-state index >= 15 is 0 Å². The molecule has 1 aromatic heterocycles. The number of fused-ring (bicyclic) bond motifs is 1. The quantitative estimate of drug-likeness (QED) is 0.896. The van der Waals surface area contributed by atoms with E-state index < -0.39 is 0 Å². The molecule has 1 saturated carbocycles. The van der Waals surface area contributed by atoms with Crippen molar-refractivity contribution in [3.8, 4) is 0 Å². The molecule has 0 saturated heterocycles. The van der Waals surface area contributed by atoms with Crippen LogP contribution >= 0.6 is 11.3 Å². The van der Waals surface area contributed by atoms with Crippen LogP contribution in [0.4, 0.5) is 0 Å². The summed E-state index contributed by atoms with van der Waals surface area (Å²) in [6.07, 6.45) is 2.29. The Bertz CT molecular complexity index is 557. The highest BCUT2D eigenvalue weighted by atomic mass is 32.1. The zero-order valence-electron chi connectivity index (χ0n) is 10.5. The van der Waals surface area contributed by atoms with Gasteiger partial charge in [-0.05, 0) is 25.0 Å². The molecule has 1 aliphatic rings. The third-order valence-corrected chi connectivity index (χ3v) is 4.48. The first-order chi connectivity index (χ1) is 9.20. The van der Waals surface area contributed by atoms with Crippen molar-refractivity contribution in [2.75, 3.05) is 0 Å². The first-order valence-electron chi connectivity index (χ1n) is 6.52. The van der Waals surface area contributed by atoms with Gasteiger partial charge in [-0.1, -0.05) is 12.1 Å². The van der Waals surface area contributed by atoms with Crippen LogP contribution in [0.5, 0.6) is 0 Å². The third-order valence-electron chi connectivity index (χ3n) is 3.38. The van der Waals surface area contributed by atoms with Gasteiger partial charge < -0.3 is 10.4 Å². The number of hydrogen-bond donors (Lipinski definition) is 2. The van der Waals surface area contributed by atoms with E-state index in [9.17, 15) is 4.79 Å². The molecule has 0 atom stereocenters. The molecule has 1 amide bonds. The Morgan fingerprint density at radius 2 is 2.21 bits per heavy atom. The Morgan fingerprint density at radius 3 is 2.95 bits per heavy atom. The average molecular weight is 276 g/mol. The van der Waals surface area contributed by atoms with Crippen LogP contribution in [0, 0.1) is 0 Å². The zero-order chi connectivity index (χ0) is 13.2. The fourth-order valence-electron chi connectivity index (χ4n) is 2.25. The fourth-order valence-corrected chi connectivity index (χ4v) is 3.22. The number of nitrogens with one attached hydrogen (secondary N) is 1. The number of aryl methyl sites for hydroxylation is 1. The molecule has 0 spiro atoms. The van der Waals surface area contributed by atoms with Crippen LogP contribution in [-0.4, -0.2) is 28.1 Å². The van der Waals surface area contributed by atoms with Crippen molar-refractivity contribution in [2.45, 2.75) is 37.8 Å². The first kappa shape index (κ1) is 12.6. The summed E-state index contributed by atoms with van der Waals surface area (Å²) in [6, 6.07) is 8.18. The standard InChI is InChI=1S/C14H16N2O2S/c17-10-7-9(8-10)15-13(18)5-6-14-16-11-3-1-2-4-12(11)19-14/h1-4,9-10,17H,5-8H2,(H,15,18). The molecule has 100 valence electrons. The van der Waals surface area contributed by atoms with Gasteiger partial charge in [-0.3, -0.25) is 4.79 Å². The summed E-state index contributed by atoms with van der Waals surface area (Å²) in [4.78, 5) is 16.2. The highest BCUT2D eigenvalue weighted by Gasteiger charge is 2.28. The van der Waals surface area contributed by atoms with E-state index in [1.165, 1.54) is 4.70 Å². The maximum absolute atomic E-state index is 11.7. The van der Waals surface area contributed by atoms with Gasteiger partial charge in [-0.25, -0.2) is 4.98 Å². The van der Waals surface area contributed by atoms with Gasteiger partial charge in [0.05, 0.1) is 21.3 Å². The summed E-state index contributed by atoms with van der Waals surface area (Å²) in [5.41, 5.74) is 1.00. The second-order valence-electron chi connectivity index (χ2n) is 4.96. The zero-order valence-corrected chi connectivity index (χ0v) is 11.3. The van der Waals surface area contributed by atoms with Crippen LogP contribution in [0.3, 0.4) is 0 Å². The highest BCUT2D eigenvalue weighted by molar-refractivity contribution is 7.18. The monoisotopic (exact) mass is 276 g/mol. The van der Waals surface area contributed by atoms with Crippen LogP contribution in [0.25, 0.3) is 10.2 Å². The summed E-state index contributed by atoms with van der Waals surface area (Å²) in [7, 11) is 0. The number of amides is 1. The summed E-state index contributed by atoms with van der Waals surface area (Å²) in [5, 5.41) is 13.1. The summed E-state index contributed by atoms with van der Waals surface area (Å²) in [5.74, 6) is 0.0520. The molecule has 0 radical (unpaired) electrons. The van der Waals surface area contributed by atoms with E-state index in [0.29, 0.717) is 25.7 Å². The Labute approximate surface area is 115 Å². The number of thiazole rings is 1. The van der Waals surface area contributed by atoms with Crippen LogP contribution in [0.15, 0.2) is 24.3 Å². The summed E-state index contributed by atoms with van der Waals surface area (Å²) >= 11 is 1.65. The molecule has 3 rings (SSSR count). The van der Waals surface area contributed by atoms with E-state index in [1.54, 1.807) is 11.3 Å². The van der Waals surface area contributed by atoms with E-state index in [-0.39, 0.29) is 18.1 Å². The van der Waals surface area contributed by atoms with Crippen molar-refractivity contribution in [1.29, 1.82) is 0 Å². The number of rotatable bonds is 4. The Morgan fingerprint density at radius 1 is 1.42 bits per heavy atom. The Hall–Kier alpha value is -1.46. The number of benzene rings is 1. The molecule has 2 aromatic rings. The van der Waals surface area contributed by atoms with Gasteiger partial charge in [0.1, 0.15) is 0 Å². The van der Waals surface area contributed by atoms with E-state index in [0.717, 1.165) is 10.5 Å². The van der Waals surface area contributed by atoms with Crippen molar-refractivity contribution in [3.63, 3.8) is 0 Å². The number of nitrogens with zero attached hydrogens (tertiary/aromatic N) is 1. The first-order valence-corrected chi connectivity index (χ1v) is 7.34. The minimum atomic E-state index is -0.227. The van der Waals surface area contributed by atoms with Gasteiger partial charge in [0.25, 0.3) is 0 Å². The molecule has 1 aliphatic carbocycles. The lowest BCUT2D eigenvalue weighted by Gasteiger charge is -2.31. The number of aromatic nitrogens is 1. The minimum absolute atomic E-state index is 0.0520.